The molecule has 1 saturated carbocycles. The Hall–Kier alpha value is -1.23. The van der Waals surface area contributed by atoms with Gasteiger partial charge in [0.2, 0.25) is 0 Å². The van der Waals surface area contributed by atoms with E-state index in [1.807, 2.05) is 0 Å². The lowest BCUT2D eigenvalue weighted by molar-refractivity contribution is 0.0695. The van der Waals surface area contributed by atoms with Crippen LogP contribution in [-0.4, -0.2) is 24.8 Å². The lowest BCUT2D eigenvalue weighted by Crippen LogP contribution is -2.04. The van der Waals surface area contributed by atoms with Crippen LogP contribution < -0.4 is 9.47 Å². The fraction of sp³-hybridized carbons (Fsp3) is 0.417. The van der Waals surface area contributed by atoms with Crippen LogP contribution in [0.5, 0.6) is 11.5 Å². The largest absolute Gasteiger partial charge is 0.493 e. The molecule has 5 heteroatoms. The molecule has 4 nitrogen and oxygen atoms in total. The number of aromatic carboxylic acids is 1. The highest BCUT2D eigenvalue weighted by Crippen LogP contribution is 2.36. The van der Waals surface area contributed by atoms with Crippen LogP contribution in [0.15, 0.2) is 16.6 Å². The summed E-state index contributed by atoms with van der Waals surface area (Å²) in [4.78, 5) is 11.0. The molecular formula is C12H13BrO4. The third-order valence-corrected chi connectivity index (χ3v) is 3.31. The average molecular weight is 301 g/mol. The summed E-state index contributed by atoms with van der Waals surface area (Å²) in [7, 11) is 1.50. The maximum Gasteiger partial charge on any atom is 0.336 e. The van der Waals surface area contributed by atoms with Gasteiger partial charge in [0.1, 0.15) is 0 Å². The van der Waals surface area contributed by atoms with E-state index >= 15 is 0 Å². The Morgan fingerprint density at radius 2 is 2.18 bits per heavy atom. The first-order chi connectivity index (χ1) is 8.11. The second-order valence-electron chi connectivity index (χ2n) is 4.04. The lowest BCUT2D eigenvalue weighted by atomic mass is 10.2. The van der Waals surface area contributed by atoms with Gasteiger partial charge < -0.3 is 14.6 Å². The van der Waals surface area contributed by atoms with E-state index in [1.54, 1.807) is 6.07 Å². The number of halogens is 1. The minimum Gasteiger partial charge on any atom is -0.493 e. The molecule has 1 aromatic carbocycles. The smallest absolute Gasteiger partial charge is 0.336 e. The van der Waals surface area contributed by atoms with Crippen molar-refractivity contribution in [2.24, 2.45) is 5.92 Å². The highest BCUT2D eigenvalue weighted by atomic mass is 79.9. The molecule has 0 aromatic heterocycles. The average Bonchev–Trinajstić information content (AvgIpc) is 3.09. The fourth-order valence-corrected chi connectivity index (χ4v) is 1.96. The Kier molecular flexibility index (Phi) is 3.57. The number of hydrogen-bond acceptors (Lipinski definition) is 3. The maximum absolute atomic E-state index is 11.0. The SMILES string of the molecule is COc1cc(C(=O)O)c(Br)cc1OCC1CC1. The van der Waals surface area contributed by atoms with Crippen LogP contribution in [0.3, 0.4) is 0 Å². The number of carbonyl (C=O) groups is 1. The van der Waals surface area contributed by atoms with Gasteiger partial charge in [-0.1, -0.05) is 0 Å². The molecule has 0 atom stereocenters. The van der Waals surface area contributed by atoms with E-state index in [2.05, 4.69) is 15.9 Å². The highest BCUT2D eigenvalue weighted by Gasteiger charge is 2.23. The Balaban J connectivity index is 2.23. The first kappa shape index (κ1) is 12.2. The van der Waals surface area contributed by atoms with E-state index in [1.165, 1.54) is 26.0 Å². The Labute approximate surface area is 108 Å². The zero-order valence-corrected chi connectivity index (χ0v) is 11.0. The van der Waals surface area contributed by atoms with E-state index in [0.29, 0.717) is 28.5 Å². The van der Waals surface area contributed by atoms with Crippen molar-refractivity contribution in [3.8, 4) is 11.5 Å². The standard InChI is InChI=1S/C12H13BrO4/c1-16-10-4-8(12(14)15)9(13)5-11(10)17-6-7-2-3-7/h4-5,7H,2-3,6H2,1H3,(H,14,15). The summed E-state index contributed by atoms with van der Waals surface area (Å²) >= 11 is 3.22. The molecule has 0 aliphatic heterocycles. The van der Waals surface area contributed by atoms with Crippen LogP contribution >= 0.6 is 15.9 Å². The first-order valence-corrected chi connectivity index (χ1v) is 6.14. The Bertz CT molecular complexity index is 440. The van der Waals surface area contributed by atoms with E-state index in [-0.39, 0.29) is 5.56 Å². The number of carboxylic acid groups (broad SMARTS) is 1. The normalized spacial score (nSPS) is 14.5. The Morgan fingerprint density at radius 1 is 1.47 bits per heavy atom. The summed E-state index contributed by atoms with van der Waals surface area (Å²) in [6, 6.07) is 3.11. The molecule has 1 aromatic rings. The number of methoxy groups -OCH3 is 1. The second kappa shape index (κ2) is 4.96. The topological polar surface area (TPSA) is 55.8 Å². The van der Waals surface area contributed by atoms with Crippen molar-refractivity contribution in [3.63, 3.8) is 0 Å². The van der Waals surface area contributed by atoms with Gasteiger partial charge >= 0.3 is 5.97 Å². The van der Waals surface area contributed by atoms with Crippen LogP contribution in [0.25, 0.3) is 0 Å². The van der Waals surface area contributed by atoms with Crippen LogP contribution in [-0.2, 0) is 0 Å². The Morgan fingerprint density at radius 3 is 2.71 bits per heavy atom. The molecule has 17 heavy (non-hydrogen) atoms. The summed E-state index contributed by atoms with van der Waals surface area (Å²) in [5.74, 6) is 0.670. The molecular weight excluding hydrogens is 288 g/mol. The van der Waals surface area contributed by atoms with E-state index < -0.39 is 5.97 Å². The summed E-state index contributed by atoms with van der Waals surface area (Å²) < 4.78 is 11.3. The maximum atomic E-state index is 11.0. The fourth-order valence-electron chi connectivity index (χ4n) is 1.46. The van der Waals surface area contributed by atoms with Crippen molar-refractivity contribution < 1.29 is 19.4 Å². The number of hydrogen-bond donors (Lipinski definition) is 1. The van der Waals surface area contributed by atoms with Gasteiger partial charge in [-0.2, -0.15) is 0 Å². The summed E-state index contributed by atoms with van der Waals surface area (Å²) in [6.45, 7) is 0.662. The second-order valence-corrected chi connectivity index (χ2v) is 4.90. The van der Waals surface area contributed by atoms with E-state index in [4.69, 9.17) is 14.6 Å². The zero-order chi connectivity index (χ0) is 12.4. The van der Waals surface area contributed by atoms with Crippen molar-refractivity contribution in [2.75, 3.05) is 13.7 Å². The van der Waals surface area contributed by atoms with Gasteiger partial charge in [-0.15, -0.1) is 0 Å². The van der Waals surface area contributed by atoms with Crippen LogP contribution in [0, 0.1) is 5.92 Å². The molecule has 1 N–H and O–H groups in total. The van der Waals surface area contributed by atoms with Gasteiger partial charge in [0.15, 0.2) is 11.5 Å². The highest BCUT2D eigenvalue weighted by molar-refractivity contribution is 9.10. The van der Waals surface area contributed by atoms with Gasteiger partial charge in [0, 0.05) is 4.47 Å². The molecule has 1 aliphatic carbocycles. The molecule has 0 spiro atoms. The molecule has 1 fully saturated rings. The zero-order valence-electron chi connectivity index (χ0n) is 9.40. The molecule has 0 radical (unpaired) electrons. The van der Waals surface area contributed by atoms with Crippen molar-refractivity contribution in [2.45, 2.75) is 12.8 Å². The van der Waals surface area contributed by atoms with Crippen molar-refractivity contribution >= 4 is 21.9 Å². The van der Waals surface area contributed by atoms with Crippen molar-refractivity contribution in [1.29, 1.82) is 0 Å². The van der Waals surface area contributed by atoms with Gasteiger partial charge in [-0.25, -0.2) is 4.79 Å². The third-order valence-electron chi connectivity index (χ3n) is 2.66. The van der Waals surface area contributed by atoms with Gasteiger partial charge in [-0.3, -0.25) is 0 Å². The minimum atomic E-state index is -0.996. The predicted octanol–water partition coefficient (Wildman–Crippen LogP) is 2.94. The molecule has 0 unspecified atom stereocenters. The van der Waals surface area contributed by atoms with Crippen LogP contribution in [0.2, 0.25) is 0 Å². The van der Waals surface area contributed by atoms with E-state index in [0.717, 1.165) is 0 Å². The van der Waals surface area contributed by atoms with Gasteiger partial charge in [0.25, 0.3) is 0 Å². The van der Waals surface area contributed by atoms with E-state index in [9.17, 15) is 4.79 Å². The molecule has 0 bridgehead atoms. The molecule has 2 rings (SSSR count). The number of benzene rings is 1. The number of rotatable bonds is 5. The number of ether oxygens (including phenoxy) is 2. The third kappa shape index (κ3) is 2.91. The molecule has 0 saturated heterocycles. The predicted molar refractivity (Wildman–Crippen MR) is 65.9 cm³/mol. The summed E-state index contributed by atoms with van der Waals surface area (Å²) in [5, 5.41) is 8.98. The minimum absolute atomic E-state index is 0.167. The molecule has 1 aliphatic rings. The van der Waals surface area contributed by atoms with Gasteiger partial charge in [0.05, 0.1) is 19.3 Å². The molecule has 92 valence electrons. The molecule has 0 amide bonds. The number of carboxylic acids is 1. The van der Waals surface area contributed by atoms with Crippen LogP contribution in [0.1, 0.15) is 23.2 Å². The molecule has 0 heterocycles. The summed E-state index contributed by atoms with van der Waals surface area (Å²) in [6.07, 6.45) is 2.41. The van der Waals surface area contributed by atoms with Crippen molar-refractivity contribution in [3.05, 3.63) is 22.2 Å². The summed E-state index contributed by atoms with van der Waals surface area (Å²) in [5.41, 5.74) is 0.167. The first-order valence-electron chi connectivity index (χ1n) is 5.35. The lowest BCUT2D eigenvalue weighted by Gasteiger charge is -2.12. The van der Waals surface area contributed by atoms with Gasteiger partial charge in [-0.05, 0) is 46.8 Å². The van der Waals surface area contributed by atoms with Crippen molar-refractivity contribution in [1.82, 2.24) is 0 Å². The monoisotopic (exact) mass is 300 g/mol. The quantitative estimate of drug-likeness (QED) is 0.908. The van der Waals surface area contributed by atoms with Crippen LogP contribution in [0.4, 0.5) is 0 Å².